The van der Waals surface area contributed by atoms with E-state index >= 15 is 0 Å². The molecule has 126 valence electrons. The molecule has 22 heavy (non-hydrogen) atoms. The molecule has 1 aliphatic carbocycles. The smallest absolute Gasteiger partial charge is 0.244 e. The lowest BCUT2D eigenvalue weighted by Gasteiger charge is -2.42. The molecule has 0 aliphatic heterocycles. The van der Waals surface area contributed by atoms with Crippen molar-refractivity contribution < 1.29 is 12.8 Å². The fourth-order valence-electron chi connectivity index (χ4n) is 3.19. The van der Waals surface area contributed by atoms with Crippen LogP contribution in [0.5, 0.6) is 0 Å². The Hall–Kier alpha value is -0.690. The third-order valence-corrected chi connectivity index (χ3v) is 6.32. The Labute approximate surface area is 138 Å². The second-order valence-corrected chi connectivity index (χ2v) is 7.62. The molecule has 0 bridgehead atoms. The van der Waals surface area contributed by atoms with Crippen molar-refractivity contribution in [1.29, 1.82) is 0 Å². The largest absolute Gasteiger partial charge is 0.329 e. The molecule has 0 radical (unpaired) electrons. The van der Waals surface area contributed by atoms with Crippen molar-refractivity contribution in [2.45, 2.75) is 50.0 Å². The van der Waals surface area contributed by atoms with E-state index < -0.39 is 21.4 Å². The zero-order valence-corrected chi connectivity index (χ0v) is 14.6. The minimum atomic E-state index is -3.93. The first-order chi connectivity index (χ1) is 9.82. The molecule has 1 aliphatic rings. The lowest BCUT2D eigenvalue weighted by Crippen LogP contribution is -2.59. The van der Waals surface area contributed by atoms with E-state index in [2.05, 4.69) is 4.72 Å². The topological polar surface area (TPSA) is 72.2 Å². The zero-order chi connectivity index (χ0) is 15.7. The van der Waals surface area contributed by atoms with Crippen molar-refractivity contribution in [3.63, 3.8) is 0 Å². The SMILES string of the molecule is Cc1cccc(F)c1S(=O)(=O)NC1(CN)CCCCC1C.Cl. The van der Waals surface area contributed by atoms with Gasteiger partial charge in [0.2, 0.25) is 10.0 Å². The molecular weight excluding hydrogens is 327 g/mol. The van der Waals surface area contributed by atoms with E-state index in [9.17, 15) is 12.8 Å². The minimum Gasteiger partial charge on any atom is -0.329 e. The molecule has 1 aromatic rings. The van der Waals surface area contributed by atoms with E-state index in [1.807, 2.05) is 6.92 Å². The van der Waals surface area contributed by atoms with Crippen LogP contribution >= 0.6 is 12.4 Å². The summed E-state index contributed by atoms with van der Waals surface area (Å²) in [7, 11) is -3.93. The molecule has 3 N–H and O–H groups in total. The van der Waals surface area contributed by atoms with Crippen LogP contribution in [0.15, 0.2) is 23.1 Å². The van der Waals surface area contributed by atoms with Crippen LogP contribution in [0.1, 0.15) is 38.2 Å². The Kier molecular flexibility index (Phi) is 6.38. The third kappa shape index (κ3) is 3.62. The number of sulfonamides is 1. The van der Waals surface area contributed by atoms with Crippen LogP contribution in [0.25, 0.3) is 0 Å². The molecule has 4 nitrogen and oxygen atoms in total. The lowest BCUT2D eigenvalue weighted by atomic mass is 9.74. The monoisotopic (exact) mass is 350 g/mol. The molecule has 0 amide bonds. The molecule has 0 heterocycles. The Balaban J connectivity index is 0.00000242. The van der Waals surface area contributed by atoms with Crippen LogP contribution in [-0.2, 0) is 10.0 Å². The van der Waals surface area contributed by atoms with Gasteiger partial charge in [0, 0.05) is 12.1 Å². The second-order valence-electron chi connectivity index (χ2n) is 6.00. The van der Waals surface area contributed by atoms with Gasteiger partial charge < -0.3 is 5.73 Å². The number of nitrogens with one attached hydrogen (secondary N) is 1. The van der Waals surface area contributed by atoms with Gasteiger partial charge in [0.1, 0.15) is 10.7 Å². The average molecular weight is 351 g/mol. The second kappa shape index (κ2) is 7.25. The van der Waals surface area contributed by atoms with Crippen molar-refractivity contribution in [3.05, 3.63) is 29.6 Å². The summed E-state index contributed by atoms with van der Waals surface area (Å²) in [6.45, 7) is 3.82. The van der Waals surface area contributed by atoms with E-state index in [0.29, 0.717) is 12.0 Å². The summed E-state index contributed by atoms with van der Waals surface area (Å²) in [5.74, 6) is -0.587. The summed E-state index contributed by atoms with van der Waals surface area (Å²) in [5, 5.41) is 0. The number of hydrogen-bond acceptors (Lipinski definition) is 3. The van der Waals surface area contributed by atoms with Gasteiger partial charge in [0.15, 0.2) is 0 Å². The van der Waals surface area contributed by atoms with Gasteiger partial charge >= 0.3 is 0 Å². The normalized spacial score (nSPS) is 25.5. The summed E-state index contributed by atoms with van der Waals surface area (Å²) in [6, 6.07) is 4.27. The van der Waals surface area contributed by atoms with Gasteiger partial charge in [-0.15, -0.1) is 12.4 Å². The van der Waals surface area contributed by atoms with Crippen LogP contribution in [0.4, 0.5) is 4.39 Å². The number of rotatable bonds is 4. The van der Waals surface area contributed by atoms with Gasteiger partial charge in [-0.25, -0.2) is 17.5 Å². The first-order valence-corrected chi connectivity index (χ1v) is 8.80. The van der Waals surface area contributed by atoms with Gasteiger partial charge in [-0.1, -0.05) is 31.9 Å². The van der Waals surface area contributed by atoms with E-state index in [1.165, 1.54) is 12.1 Å². The standard InChI is InChI=1S/C15H23FN2O2S.ClH/c1-11-6-5-8-13(16)14(11)21(19,20)18-15(10-17)9-4-3-7-12(15)2;/h5-6,8,12,18H,3-4,7,9-10,17H2,1-2H3;1H. The highest BCUT2D eigenvalue weighted by Gasteiger charge is 2.41. The first kappa shape index (κ1) is 19.4. The molecule has 0 saturated heterocycles. The Bertz CT molecular complexity index is 604. The predicted molar refractivity (Wildman–Crippen MR) is 88.1 cm³/mol. The highest BCUT2D eigenvalue weighted by atomic mass is 35.5. The van der Waals surface area contributed by atoms with Crippen molar-refractivity contribution in [2.75, 3.05) is 6.54 Å². The Morgan fingerprint density at radius 1 is 1.41 bits per heavy atom. The van der Waals surface area contributed by atoms with Crippen LogP contribution in [0.3, 0.4) is 0 Å². The summed E-state index contributed by atoms with van der Waals surface area (Å²) in [5.41, 5.74) is 5.60. The summed E-state index contributed by atoms with van der Waals surface area (Å²) >= 11 is 0. The molecule has 1 saturated carbocycles. The Morgan fingerprint density at radius 3 is 2.64 bits per heavy atom. The summed E-state index contributed by atoms with van der Waals surface area (Å²) < 4.78 is 42.0. The van der Waals surface area contributed by atoms with Crippen LogP contribution in [-0.4, -0.2) is 20.5 Å². The van der Waals surface area contributed by atoms with Crippen molar-refractivity contribution >= 4 is 22.4 Å². The highest BCUT2D eigenvalue weighted by Crippen LogP contribution is 2.34. The van der Waals surface area contributed by atoms with Gasteiger partial charge in [-0.05, 0) is 37.3 Å². The van der Waals surface area contributed by atoms with E-state index in [-0.39, 0.29) is 29.8 Å². The quantitative estimate of drug-likeness (QED) is 0.877. The van der Waals surface area contributed by atoms with Gasteiger partial charge in [-0.3, -0.25) is 0 Å². The number of aryl methyl sites for hydroxylation is 1. The first-order valence-electron chi connectivity index (χ1n) is 7.31. The maximum atomic E-state index is 14.0. The fraction of sp³-hybridized carbons (Fsp3) is 0.600. The van der Waals surface area contributed by atoms with Gasteiger partial charge in [0.25, 0.3) is 0 Å². The van der Waals surface area contributed by atoms with E-state index in [4.69, 9.17) is 5.73 Å². The molecule has 1 fully saturated rings. The van der Waals surface area contributed by atoms with Gasteiger partial charge in [0.05, 0.1) is 0 Å². The van der Waals surface area contributed by atoms with Gasteiger partial charge in [-0.2, -0.15) is 0 Å². The molecule has 2 atom stereocenters. The third-order valence-electron chi connectivity index (χ3n) is 4.59. The number of benzene rings is 1. The minimum absolute atomic E-state index is 0. The number of halogens is 2. The molecule has 0 aromatic heterocycles. The van der Waals surface area contributed by atoms with E-state index in [0.717, 1.165) is 19.3 Å². The maximum absolute atomic E-state index is 14.0. The lowest BCUT2D eigenvalue weighted by molar-refractivity contribution is 0.191. The van der Waals surface area contributed by atoms with Crippen molar-refractivity contribution in [3.8, 4) is 0 Å². The molecular formula is C15H24ClFN2O2S. The maximum Gasteiger partial charge on any atom is 0.244 e. The zero-order valence-electron chi connectivity index (χ0n) is 12.9. The van der Waals surface area contributed by atoms with Crippen molar-refractivity contribution in [2.24, 2.45) is 11.7 Å². The Morgan fingerprint density at radius 2 is 2.09 bits per heavy atom. The highest BCUT2D eigenvalue weighted by molar-refractivity contribution is 7.89. The van der Waals surface area contributed by atoms with Crippen molar-refractivity contribution in [1.82, 2.24) is 4.72 Å². The molecule has 7 heteroatoms. The number of nitrogens with two attached hydrogens (primary N) is 1. The summed E-state index contributed by atoms with van der Waals surface area (Å²) in [4.78, 5) is -0.268. The molecule has 1 aromatic carbocycles. The van der Waals surface area contributed by atoms with E-state index in [1.54, 1.807) is 13.0 Å². The van der Waals surface area contributed by atoms with Crippen LogP contribution in [0, 0.1) is 18.7 Å². The van der Waals surface area contributed by atoms with Crippen LogP contribution < -0.4 is 10.5 Å². The average Bonchev–Trinajstić information content (AvgIpc) is 2.40. The fourth-order valence-corrected chi connectivity index (χ4v) is 5.03. The number of hydrogen-bond donors (Lipinski definition) is 2. The predicted octanol–water partition coefficient (Wildman–Crippen LogP) is 2.74. The van der Waals surface area contributed by atoms with Crippen LogP contribution in [0.2, 0.25) is 0 Å². The molecule has 2 unspecified atom stereocenters. The molecule has 0 spiro atoms. The summed E-state index contributed by atoms with van der Waals surface area (Å²) in [6.07, 6.45) is 3.62. The molecule has 2 rings (SSSR count).